The molecule has 0 unspecified atom stereocenters. The van der Waals surface area contributed by atoms with Crippen molar-refractivity contribution in [2.45, 2.75) is 13.3 Å². The summed E-state index contributed by atoms with van der Waals surface area (Å²) in [4.78, 5) is 24.3. The maximum Gasteiger partial charge on any atom is 0.197 e. The summed E-state index contributed by atoms with van der Waals surface area (Å²) in [5.41, 5.74) is 0.374. The van der Waals surface area contributed by atoms with E-state index in [-0.39, 0.29) is 34.8 Å². The number of hydrogen-bond acceptors (Lipinski definition) is 4. The van der Waals surface area contributed by atoms with Crippen molar-refractivity contribution >= 4 is 23.2 Å². The van der Waals surface area contributed by atoms with Gasteiger partial charge in [0, 0.05) is 28.1 Å². The quantitative estimate of drug-likeness (QED) is 0.742. The van der Waals surface area contributed by atoms with Crippen LogP contribution in [-0.2, 0) is 11.2 Å². The lowest BCUT2D eigenvalue weighted by molar-refractivity contribution is -0.116. The maximum atomic E-state index is 14.8. The zero-order valence-electron chi connectivity index (χ0n) is 13.5. The van der Waals surface area contributed by atoms with Gasteiger partial charge in [0.2, 0.25) is 0 Å². The van der Waals surface area contributed by atoms with Gasteiger partial charge in [-0.1, -0.05) is 11.6 Å². The fourth-order valence-corrected chi connectivity index (χ4v) is 2.50. The Morgan fingerprint density at radius 1 is 1.12 bits per heavy atom. The van der Waals surface area contributed by atoms with Gasteiger partial charge in [-0.2, -0.15) is 0 Å². The average Bonchev–Trinajstić information content (AvgIpc) is 2.56. The normalized spacial score (nSPS) is 10.4. The zero-order chi connectivity index (χ0) is 17.9. The van der Waals surface area contributed by atoms with E-state index < -0.39 is 11.6 Å². The van der Waals surface area contributed by atoms with Crippen molar-refractivity contribution in [2.24, 2.45) is 0 Å². The third-order valence-corrected chi connectivity index (χ3v) is 3.74. The van der Waals surface area contributed by atoms with Crippen LogP contribution in [0.2, 0.25) is 5.02 Å². The number of methoxy groups -OCH3 is 2. The minimum absolute atomic E-state index is 0.0138. The Balaban J connectivity index is 2.65. The van der Waals surface area contributed by atoms with E-state index in [1.165, 1.54) is 39.3 Å². The Morgan fingerprint density at radius 3 is 2.25 bits per heavy atom. The maximum absolute atomic E-state index is 14.8. The summed E-state index contributed by atoms with van der Waals surface area (Å²) in [5.74, 6) is -1.53. The molecule has 2 aromatic rings. The van der Waals surface area contributed by atoms with Crippen LogP contribution < -0.4 is 9.47 Å². The Morgan fingerprint density at radius 2 is 1.75 bits per heavy atom. The largest absolute Gasteiger partial charge is 0.493 e. The molecule has 0 aliphatic rings. The molecule has 24 heavy (non-hydrogen) atoms. The van der Waals surface area contributed by atoms with Gasteiger partial charge >= 0.3 is 0 Å². The summed E-state index contributed by atoms with van der Waals surface area (Å²) >= 11 is 5.82. The van der Waals surface area contributed by atoms with E-state index in [4.69, 9.17) is 21.1 Å². The summed E-state index contributed by atoms with van der Waals surface area (Å²) < 4.78 is 24.9. The van der Waals surface area contributed by atoms with Crippen molar-refractivity contribution in [1.82, 2.24) is 0 Å². The van der Waals surface area contributed by atoms with Gasteiger partial charge in [0.15, 0.2) is 23.1 Å². The molecule has 0 heterocycles. The summed E-state index contributed by atoms with van der Waals surface area (Å²) in [6.07, 6.45) is -0.221. The van der Waals surface area contributed by atoms with Crippen molar-refractivity contribution < 1.29 is 23.5 Å². The molecule has 0 spiro atoms. The molecule has 0 aliphatic carbocycles. The van der Waals surface area contributed by atoms with Crippen molar-refractivity contribution in [2.75, 3.05) is 14.2 Å². The summed E-state index contributed by atoms with van der Waals surface area (Å²) in [6.45, 7) is 1.33. The van der Waals surface area contributed by atoms with Crippen molar-refractivity contribution in [3.63, 3.8) is 0 Å². The highest BCUT2D eigenvalue weighted by Gasteiger charge is 2.25. The molecule has 2 rings (SSSR count). The molecule has 6 heteroatoms. The van der Waals surface area contributed by atoms with Gasteiger partial charge in [-0.05, 0) is 37.3 Å². The predicted octanol–water partition coefficient (Wildman–Crippen LogP) is 3.86. The van der Waals surface area contributed by atoms with Crippen LogP contribution in [0.25, 0.3) is 0 Å². The molecule has 0 radical (unpaired) electrons. The topological polar surface area (TPSA) is 52.6 Å². The molecule has 0 N–H and O–H groups in total. The average molecular weight is 351 g/mol. The number of carbonyl (C=O) groups excluding carboxylic acids is 2. The standard InChI is InChI=1S/C18H16ClFO4/c1-10(21)8-13-14(9-15(23-2)18(24-3)16(13)20)17(22)11-4-6-12(19)7-5-11/h4-7,9H,8H2,1-3H3. The molecule has 0 bridgehead atoms. The lowest BCUT2D eigenvalue weighted by Crippen LogP contribution is -2.12. The highest BCUT2D eigenvalue weighted by molar-refractivity contribution is 6.30. The molecular weight excluding hydrogens is 335 g/mol. The Labute approximate surface area is 144 Å². The number of rotatable bonds is 6. The number of benzene rings is 2. The van der Waals surface area contributed by atoms with Crippen LogP contribution in [0.1, 0.15) is 28.4 Å². The highest BCUT2D eigenvalue weighted by Crippen LogP contribution is 2.36. The summed E-state index contributed by atoms with van der Waals surface area (Å²) in [7, 11) is 2.64. The Hall–Kier alpha value is -2.40. The fraction of sp³-hybridized carbons (Fsp3) is 0.222. The van der Waals surface area contributed by atoms with Crippen LogP contribution in [0.15, 0.2) is 30.3 Å². The van der Waals surface area contributed by atoms with Gasteiger partial charge in [-0.25, -0.2) is 4.39 Å². The molecular formula is C18H16ClFO4. The molecule has 4 nitrogen and oxygen atoms in total. The Bertz CT molecular complexity index is 785. The second kappa shape index (κ2) is 7.45. The van der Waals surface area contributed by atoms with E-state index in [1.54, 1.807) is 12.1 Å². The number of ether oxygens (including phenoxy) is 2. The molecule has 0 saturated heterocycles. The van der Waals surface area contributed by atoms with E-state index in [0.29, 0.717) is 10.6 Å². The van der Waals surface area contributed by atoms with E-state index >= 15 is 0 Å². The molecule has 0 amide bonds. The monoisotopic (exact) mass is 350 g/mol. The Kier molecular flexibility index (Phi) is 5.57. The van der Waals surface area contributed by atoms with E-state index in [1.807, 2.05) is 0 Å². The fourth-order valence-electron chi connectivity index (χ4n) is 2.37. The first-order chi connectivity index (χ1) is 11.4. The highest BCUT2D eigenvalue weighted by atomic mass is 35.5. The molecule has 126 valence electrons. The van der Waals surface area contributed by atoms with Gasteiger partial charge in [-0.3, -0.25) is 9.59 Å². The third kappa shape index (κ3) is 3.57. The van der Waals surface area contributed by atoms with Crippen LogP contribution >= 0.6 is 11.6 Å². The summed E-state index contributed by atoms with van der Waals surface area (Å²) in [5, 5.41) is 0.481. The molecule has 0 saturated carbocycles. The summed E-state index contributed by atoms with van der Waals surface area (Å²) in [6, 6.07) is 7.60. The number of Topliss-reactive ketones (excluding diaryl/α,β-unsaturated/α-hetero) is 1. The van der Waals surface area contributed by atoms with E-state index in [9.17, 15) is 14.0 Å². The van der Waals surface area contributed by atoms with Gasteiger partial charge < -0.3 is 9.47 Å². The number of carbonyl (C=O) groups is 2. The minimum Gasteiger partial charge on any atom is -0.493 e. The van der Waals surface area contributed by atoms with Crippen LogP contribution in [0.3, 0.4) is 0 Å². The lowest BCUT2D eigenvalue weighted by atomic mass is 9.94. The first-order valence-electron chi connectivity index (χ1n) is 7.12. The SMILES string of the molecule is COc1cc(C(=O)c2ccc(Cl)cc2)c(CC(C)=O)c(F)c1OC. The van der Waals surface area contributed by atoms with Crippen LogP contribution in [-0.4, -0.2) is 25.8 Å². The van der Waals surface area contributed by atoms with Crippen LogP contribution in [0.5, 0.6) is 11.5 Å². The number of hydrogen-bond donors (Lipinski definition) is 0. The van der Waals surface area contributed by atoms with Crippen molar-refractivity contribution in [3.8, 4) is 11.5 Å². The van der Waals surface area contributed by atoms with Crippen molar-refractivity contribution in [3.05, 3.63) is 57.9 Å². The lowest BCUT2D eigenvalue weighted by Gasteiger charge is -2.15. The number of ketones is 2. The predicted molar refractivity (Wildman–Crippen MR) is 88.8 cm³/mol. The van der Waals surface area contributed by atoms with E-state index in [0.717, 1.165) is 0 Å². The van der Waals surface area contributed by atoms with Gasteiger partial charge in [0.1, 0.15) is 5.78 Å². The van der Waals surface area contributed by atoms with Gasteiger partial charge in [-0.15, -0.1) is 0 Å². The van der Waals surface area contributed by atoms with Gasteiger partial charge in [0.25, 0.3) is 0 Å². The van der Waals surface area contributed by atoms with Gasteiger partial charge in [0.05, 0.1) is 14.2 Å². The minimum atomic E-state index is -0.774. The smallest absolute Gasteiger partial charge is 0.197 e. The number of halogens is 2. The third-order valence-electron chi connectivity index (χ3n) is 3.49. The first-order valence-corrected chi connectivity index (χ1v) is 7.49. The van der Waals surface area contributed by atoms with Crippen molar-refractivity contribution in [1.29, 1.82) is 0 Å². The van der Waals surface area contributed by atoms with E-state index in [2.05, 4.69) is 0 Å². The molecule has 0 fully saturated rings. The molecule has 2 aromatic carbocycles. The molecule has 0 atom stereocenters. The zero-order valence-corrected chi connectivity index (χ0v) is 14.2. The van der Waals surface area contributed by atoms with Crippen LogP contribution in [0.4, 0.5) is 4.39 Å². The second-order valence-electron chi connectivity index (χ2n) is 5.17. The van der Waals surface area contributed by atoms with Crippen LogP contribution in [0, 0.1) is 5.82 Å². The first kappa shape index (κ1) is 17.9. The molecule has 0 aliphatic heterocycles. The second-order valence-corrected chi connectivity index (χ2v) is 5.60. The molecule has 0 aromatic heterocycles.